The minimum atomic E-state index is 0.747. The molecule has 0 radical (unpaired) electrons. The molecule has 2 aromatic carbocycles. The average Bonchev–Trinajstić information content (AvgIpc) is 2.53. The van der Waals surface area contributed by atoms with Crippen LogP contribution >= 0.6 is 0 Å². The first-order valence-electron chi connectivity index (χ1n) is 6.59. The zero-order valence-corrected chi connectivity index (χ0v) is 11.6. The molecule has 1 aliphatic rings. The van der Waals surface area contributed by atoms with E-state index in [0.29, 0.717) is 0 Å². The summed E-state index contributed by atoms with van der Waals surface area (Å²) in [6.45, 7) is 0.812. The van der Waals surface area contributed by atoms with Crippen molar-refractivity contribution >= 4 is 11.8 Å². The minimum absolute atomic E-state index is 0.747. The molecule has 0 amide bonds. The third-order valence-electron chi connectivity index (χ3n) is 3.49. The van der Waals surface area contributed by atoms with Gasteiger partial charge in [0.05, 0.1) is 14.2 Å². The van der Waals surface area contributed by atoms with Crippen LogP contribution in [0.5, 0.6) is 11.5 Å². The summed E-state index contributed by atoms with van der Waals surface area (Å²) in [7, 11) is 3.32. The van der Waals surface area contributed by atoms with Crippen molar-refractivity contribution in [3.8, 4) is 11.5 Å². The Labute approximate surface area is 118 Å². The van der Waals surface area contributed by atoms with Crippen molar-refractivity contribution in [3.05, 3.63) is 58.5 Å². The molecule has 1 N–H and O–H groups in total. The number of hydrogen-bond donors (Lipinski definition) is 1. The summed E-state index contributed by atoms with van der Waals surface area (Å²) < 4.78 is 10.8. The molecule has 1 aliphatic heterocycles. The molecule has 0 saturated heterocycles. The largest absolute Gasteiger partial charge is 0.493 e. The minimum Gasteiger partial charge on any atom is -0.493 e. The number of hydrogen-bond acceptors (Lipinski definition) is 3. The quantitative estimate of drug-likeness (QED) is 0.908. The van der Waals surface area contributed by atoms with E-state index in [-0.39, 0.29) is 0 Å². The Morgan fingerprint density at radius 3 is 2.35 bits per heavy atom. The molecule has 2 aromatic rings. The van der Waals surface area contributed by atoms with E-state index in [9.17, 15) is 0 Å². The lowest BCUT2D eigenvalue weighted by atomic mass is 10.0. The van der Waals surface area contributed by atoms with E-state index in [1.165, 1.54) is 10.8 Å². The van der Waals surface area contributed by atoms with Crippen LogP contribution in [0.4, 0.5) is 0 Å². The van der Waals surface area contributed by atoms with Crippen molar-refractivity contribution < 1.29 is 9.47 Å². The van der Waals surface area contributed by atoms with Gasteiger partial charge in [-0.05, 0) is 22.9 Å². The molecule has 102 valence electrons. The normalized spacial score (nSPS) is 13.0. The number of benzene rings is 2. The third kappa shape index (κ3) is 2.11. The molecule has 1 heterocycles. The van der Waals surface area contributed by atoms with Gasteiger partial charge in [0.1, 0.15) is 0 Å². The van der Waals surface area contributed by atoms with Gasteiger partial charge in [-0.3, -0.25) is 0 Å². The SMILES string of the molecule is COc1cc2c(cc1OC)=C(c1ccccc1)NCC=2. The lowest BCUT2D eigenvalue weighted by molar-refractivity contribution is 0.354. The highest BCUT2D eigenvalue weighted by molar-refractivity contribution is 5.67. The molecule has 0 bridgehead atoms. The van der Waals surface area contributed by atoms with Crippen LogP contribution in [0, 0.1) is 0 Å². The van der Waals surface area contributed by atoms with Gasteiger partial charge in [-0.2, -0.15) is 0 Å². The molecule has 3 heteroatoms. The fourth-order valence-electron chi connectivity index (χ4n) is 2.50. The summed E-state index contributed by atoms with van der Waals surface area (Å²) >= 11 is 0. The third-order valence-corrected chi connectivity index (χ3v) is 3.49. The lowest BCUT2D eigenvalue weighted by Gasteiger charge is -2.16. The summed E-state index contributed by atoms with van der Waals surface area (Å²) in [6, 6.07) is 14.4. The number of methoxy groups -OCH3 is 2. The van der Waals surface area contributed by atoms with Gasteiger partial charge < -0.3 is 14.8 Å². The second kappa shape index (κ2) is 5.29. The fraction of sp³-hybridized carbons (Fsp3) is 0.176. The number of ether oxygens (including phenoxy) is 2. The van der Waals surface area contributed by atoms with Crippen LogP contribution in [0.2, 0.25) is 0 Å². The Balaban J connectivity index is 2.31. The van der Waals surface area contributed by atoms with E-state index >= 15 is 0 Å². The Hall–Kier alpha value is -2.42. The molecule has 0 aromatic heterocycles. The summed E-state index contributed by atoms with van der Waals surface area (Å²) in [4.78, 5) is 0. The van der Waals surface area contributed by atoms with Gasteiger partial charge in [0.25, 0.3) is 0 Å². The van der Waals surface area contributed by atoms with E-state index in [1.54, 1.807) is 14.2 Å². The lowest BCUT2D eigenvalue weighted by Crippen LogP contribution is -2.38. The smallest absolute Gasteiger partial charge is 0.161 e. The highest BCUT2D eigenvalue weighted by Gasteiger charge is 2.10. The zero-order valence-electron chi connectivity index (χ0n) is 11.6. The van der Waals surface area contributed by atoms with E-state index in [1.807, 2.05) is 30.3 Å². The van der Waals surface area contributed by atoms with Crippen molar-refractivity contribution in [1.29, 1.82) is 0 Å². The van der Waals surface area contributed by atoms with E-state index in [0.717, 1.165) is 29.0 Å². The molecule has 20 heavy (non-hydrogen) atoms. The van der Waals surface area contributed by atoms with Crippen molar-refractivity contribution in [2.45, 2.75) is 0 Å². The summed E-state index contributed by atoms with van der Waals surface area (Å²) in [5, 5.41) is 5.75. The maximum absolute atomic E-state index is 5.41. The highest BCUT2D eigenvalue weighted by atomic mass is 16.5. The van der Waals surface area contributed by atoms with E-state index < -0.39 is 0 Å². The molecule has 0 aliphatic carbocycles. The maximum atomic E-state index is 5.41. The molecule has 0 fully saturated rings. The van der Waals surface area contributed by atoms with Crippen molar-refractivity contribution in [3.63, 3.8) is 0 Å². The van der Waals surface area contributed by atoms with Gasteiger partial charge in [0.15, 0.2) is 11.5 Å². The monoisotopic (exact) mass is 267 g/mol. The molecule has 0 saturated carbocycles. The number of fused-ring (bicyclic) bond motifs is 1. The number of rotatable bonds is 3. The summed E-state index contributed by atoms with van der Waals surface area (Å²) in [5.74, 6) is 1.51. The van der Waals surface area contributed by atoms with Gasteiger partial charge in [0, 0.05) is 17.5 Å². The first kappa shape index (κ1) is 12.6. The van der Waals surface area contributed by atoms with Gasteiger partial charge in [-0.25, -0.2) is 0 Å². The van der Waals surface area contributed by atoms with Gasteiger partial charge in [-0.1, -0.05) is 36.4 Å². The van der Waals surface area contributed by atoms with Crippen LogP contribution in [0.1, 0.15) is 5.56 Å². The predicted octanol–water partition coefficient (Wildman–Crippen LogP) is 1.24. The fourth-order valence-corrected chi connectivity index (χ4v) is 2.50. The number of nitrogens with one attached hydrogen (secondary N) is 1. The van der Waals surface area contributed by atoms with Crippen LogP contribution < -0.4 is 25.2 Å². The van der Waals surface area contributed by atoms with Gasteiger partial charge >= 0.3 is 0 Å². The molecule has 0 spiro atoms. The zero-order chi connectivity index (χ0) is 13.9. The first-order chi connectivity index (χ1) is 9.83. The molecular formula is C17H17NO2. The molecular weight excluding hydrogens is 250 g/mol. The second-order valence-electron chi connectivity index (χ2n) is 4.62. The van der Waals surface area contributed by atoms with Crippen LogP contribution in [0.3, 0.4) is 0 Å². The van der Waals surface area contributed by atoms with Crippen LogP contribution in [-0.2, 0) is 0 Å². The van der Waals surface area contributed by atoms with Crippen LogP contribution in [0.25, 0.3) is 11.8 Å². The standard InChI is InChI=1S/C17H17NO2/c1-19-15-10-13-8-9-18-17(12-6-4-3-5-7-12)14(13)11-16(15)20-2/h3-8,10-11,18H,9H2,1-2H3. The Morgan fingerprint density at radius 2 is 1.65 bits per heavy atom. The summed E-state index contributed by atoms with van der Waals surface area (Å²) in [5.41, 5.74) is 2.30. The maximum Gasteiger partial charge on any atom is 0.161 e. The topological polar surface area (TPSA) is 30.5 Å². The van der Waals surface area contributed by atoms with Crippen LogP contribution in [-0.4, -0.2) is 20.8 Å². The molecule has 0 atom stereocenters. The average molecular weight is 267 g/mol. The van der Waals surface area contributed by atoms with Crippen LogP contribution in [0.15, 0.2) is 42.5 Å². The van der Waals surface area contributed by atoms with Crippen molar-refractivity contribution in [1.82, 2.24) is 5.32 Å². The Kier molecular flexibility index (Phi) is 3.33. The highest BCUT2D eigenvalue weighted by Crippen LogP contribution is 2.22. The Morgan fingerprint density at radius 1 is 0.950 bits per heavy atom. The predicted molar refractivity (Wildman–Crippen MR) is 80.2 cm³/mol. The Bertz CT molecular complexity index is 736. The van der Waals surface area contributed by atoms with E-state index in [4.69, 9.17) is 9.47 Å². The van der Waals surface area contributed by atoms with E-state index in [2.05, 4.69) is 23.5 Å². The van der Waals surface area contributed by atoms with Crippen molar-refractivity contribution in [2.75, 3.05) is 20.8 Å². The van der Waals surface area contributed by atoms with Gasteiger partial charge in [0.2, 0.25) is 0 Å². The first-order valence-corrected chi connectivity index (χ1v) is 6.59. The second-order valence-corrected chi connectivity index (χ2v) is 4.62. The molecule has 3 nitrogen and oxygen atoms in total. The molecule has 3 rings (SSSR count). The summed E-state index contributed by atoms with van der Waals surface area (Å²) in [6.07, 6.45) is 2.16. The molecule has 0 unspecified atom stereocenters. The van der Waals surface area contributed by atoms with Crippen molar-refractivity contribution in [2.24, 2.45) is 0 Å². The van der Waals surface area contributed by atoms with Gasteiger partial charge in [-0.15, -0.1) is 0 Å².